The fourth-order valence-electron chi connectivity index (χ4n) is 2.76. The first kappa shape index (κ1) is 14.5. The van der Waals surface area contributed by atoms with Crippen LogP contribution in [0.1, 0.15) is 18.5 Å². The highest BCUT2D eigenvalue weighted by Gasteiger charge is 2.30. The number of aryl methyl sites for hydroxylation is 1. The smallest absolute Gasteiger partial charge is 0.332 e. The Morgan fingerprint density at radius 2 is 1.95 bits per heavy atom. The number of piperazine rings is 1. The van der Waals surface area contributed by atoms with Crippen LogP contribution in [-0.4, -0.2) is 52.5 Å². The van der Waals surface area contributed by atoms with Crippen LogP contribution in [0.3, 0.4) is 0 Å². The number of hydrogen-bond acceptors (Lipinski definition) is 6. The molecule has 2 heterocycles. The van der Waals surface area contributed by atoms with Crippen LogP contribution in [0.5, 0.6) is 0 Å². The molecule has 1 aliphatic carbocycles. The standard InChI is InChI=1S/C13H18ClN5O2/c1-9-11(19(20)21)12(16-13(14)15-9)18-6-4-17(5-7-18)8-10-2-3-10/h10H,2-8H2,1H3. The van der Waals surface area contributed by atoms with Gasteiger partial charge in [-0.05, 0) is 37.3 Å². The van der Waals surface area contributed by atoms with E-state index in [4.69, 9.17) is 11.6 Å². The molecule has 0 aromatic carbocycles. The Hall–Kier alpha value is -1.47. The molecule has 21 heavy (non-hydrogen) atoms. The van der Waals surface area contributed by atoms with Crippen LogP contribution in [0, 0.1) is 23.0 Å². The highest BCUT2D eigenvalue weighted by molar-refractivity contribution is 6.28. The second-order valence-electron chi connectivity index (χ2n) is 5.74. The van der Waals surface area contributed by atoms with Gasteiger partial charge in [-0.3, -0.25) is 15.0 Å². The van der Waals surface area contributed by atoms with Gasteiger partial charge in [0.05, 0.1) is 4.92 Å². The topological polar surface area (TPSA) is 75.4 Å². The number of hydrogen-bond donors (Lipinski definition) is 0. The molecule has 7 nitrogen and oxygen atoms in total. The number of nitro groups is 1. The van der Waals surface area contributed by atoms with Crippen LogP contribution in [-0.2, 0) is 0 Å². The molecule has 3 rings (SSSR count). The molecular formula is C13H18ClN5O2. The first-order valence-electron chi connectivity index (χ1n) is 7.20. The minimum absolute atomic E-state index is 0.0324. The van der Waals surface area contributed by atoms with Crippen LogP contribution in [0.2, 0.25) is 5.28 Å². The van der Waals surface area contributed by atoms with Gasteiger partial charge in [-0.25, -0.2) is 4.98 Å². The molecule has 2 aliphatic rings. The van der Waals surface area contributed by atoms with Gasteiger partial charge in [-0.1, -0.05) is 0 Å². The number of halogens is 1. The van der Waals surface area contributed by atoms with Crippen molar-refractivity contribution < 1.29 is 4.92 Å². The average Bonchev–Trinajstić information content (AvgIpc) is 3.22. The summed E-state index contributed by atoms with van der Waals surface area (Å²) in [6.07, 6.45) is 2.68. The van der Waals surface area contributed by atoms with E-state index in [2.05, 4.69) is 14.9 Å². The summed E-state index contributed by atoms with van der Waals surface area (Å²) in [5.74, 6) is 1.21. The second-order valence-corrected chi connectivity index (χ2v) is 6.08. The molecule has 1 aromatic rings. The van der Waals surface area contributed by atoms with E-state index < -0.39 is 4.92 Å². The molecule has 114 valence electrons. The molecule has 1 saturated heterocycles. The lowest BCUT2D eigenvalue weighted by molar-refractivity contribution is -0.385. The van der Waals surface area contributed by atoms with Gasteiger partial charge in [0, 0.05) is 32.7 Å². The zero-order valence-corrected chi connectivity index (χ0v) is 12.7. The molecule has 0 N–H and O–H groups in total. The summed E-state index contributed by atoms with van der Waals surface area (Å²) in [6, 6.07) is 0. The van der Waals surface area contributed by atoms with Crippen molar-refractivity contribution in [2.45, 2.75) is 19.8 Å². The van der Waals surface area contributed by atoms with Crippen LogP contribution in [0.4, 0.5) is 11.5 Å². The highest BCUT2D eigenvalue weighted by Crippen LogP contribution is 2.32. The largest absolute Gasteiger partial charge is 0.348 e. The van der Waals surface area contributed by atoms with Gasteiger partial charge in [0.2, 0.25) is 11.1 Å². The van der Waals surface area contributed by atoms with Gasteiger partial charge in [-0.2, -0.15) is 4.98 Å². The van der Waals surface area contributed by atoms with E-state index in [0.717, 1.165) is 38.6 Å². The number of aromatic nitrogens is 2. The van der Waals surface area contributed by atoms with Gasteiger partial charge in [0.1, 0.15) is 5.69 Å². The SMILES string of the molecule is Cc1nc(Cl)nc(N2CCN(CC3CC3)CC2)c1[N+](=O)[O-]. The minimum atomic E-state index is -0.419. The van der Waals surface area contributed by atoms with Gasteiger partial charge >= 0.3 is 5.69 Å². The molecule has 0 amide bonds. The molecule has 0 bridgehead atoms. The van der Waals surface area contributed by atoms with Crippen LogP contribution < -0.4 is 4.90 Å². The molecule has 0 atom stereocenters. The summed E-state index contributed by atoms with van der Waals surface area (Å²) in [4.78, 5) is 23.2. The molecule has 2 fully saturated rings. The Morgan fingerprint density at radius 3 is 2.52 bits per heavy atom. The maximum absolute atomic E-state index is 11.3. The number of nitrogens with zero attached hydrogens (tertiary/aromatic N) is 5. The molecule has 1 aromatic heterocycles. The third-order valence-corrected chi connectivity index (χ3v) is 4.25. The lowest BCUT2D eigenvalue weighted by Crippen LogP contribution is -2.47. The molecule has 0 spiro atoms. The second kappa shape index (κ2) is 5.73. The van der Waals surface area contributed by atoms with E-state index in [1.165, 1.54) is 12.8 Å². The van der Waals surface area contributed by atoms with E-state index in [1.54, 1.807) is 6.92 Å². The van der Waals surface area contributed by atoms with Crippen molar-refractivity contribution in [3.8, 4) is 0 Å². The molecular weight excluding hydrogens is 294 g/mol. The van der Waals surface area contributed by atoms with Crippen molar-refractivity contribution in [2.24, 2.45) is 5.92 Å². The zero-order chi connectivity index (χ0) is 15.0. The van der Waals surface area contributed by atoms with E-state index in [-0.39, 0.29) is 11.0 Å². The van der Waals surface area contributed by atoms with Crippen LogP contribution in [0.25, 0.3) is 0 Å². The summed E-state index contributed by atoms with van der Waals surface area (Å²) >= 11 is 5.87. The first-order chi connectivity index (χ1) is 10.0. The zero-order valence-electron chi connectivity index (χ0n) is 12.0. The highest BCUT2D eigenvalue weighted by atomic mass is 35.5. The predicted octanol–water partition coefficient (Wildman–Crippen LogP) is 1.88. The minimum Gasteiger partial charge on any atom is -0.348 e. The normalized spacial score (nSPS) is 19.8. The number of anilines is 1. The van der Waals surface area contributed by atoms with Gasteiger partial charge in [-0.15, -0.1) is 0 Å². The van der Waals surface area contributed by atoms with Crippen LogP contribution in [0.15, 0.2) is 0 Å². The Balaban J connectivity index is 1.76. The Morgan fingerprint density at radius 1 is 1.29 bits per heavy atom. The number of rotatable bonds is 4. The third-order valence-electron chi connectivity index (χ3n) is 4.08. The van der Waals surface area contributed by atoms with Gasteiger partial charge in [0.15, 0.2) is 0 Å². The molecule has 1 aliphatic heterocycles. The van der Waals surface area contributed by atoms with Crippen molar-refractivity contribution >= 4 is 23.1 Å². The summed E-state index contributed by atoms with van der Waals surface area (Å²) in [6.45, 7) is 6.04. The predicted molar refractivity (Wildman–Crippen MR) is 79.8 cm³/mol. The summed E-state index contributed by atoms with van der Waals surface area (Å²) < 4.78 is 0. The van der Waals surface area contributed by atoms with Gasteiger partial charge in [0.25, 0.3) is 0 Å². The Kier molecular flexibility index (Phi) is 3.95. The van der Waals surface area contributed by atoms with Crippen molar-refractivity contribution in [3.63, 3.8) is 0 Å². The maximum Gasteiger partial charge on any atom is 0.332 e. The quantitative estimate of drug-likeness (QED) is 0.480. The molecule has 0 radical (unpaired) electrons. The maximum atomic E-state index is 11.3. The summed E-state index contributed by atoms with van der Waals surface area (Å²) in [5, 5.41) is 11.3. The van der Waals surface area contributed by atoms with Gasteiger partial charge < -0.3 is 4.90 Å². The van der Waals surface area contributed by atoms with E-state index in [1.807, 2.05) is 4.90 Å². The van der Waals surface area contributed by atoms with E-state index >= 15 is 0 Å². The third kappa shape index (κ3) is 3.24. The monoisotopic (exact) mass is 311 g/mol. The van der Waals surface area contributed by atoms with E-state index in [0.29, 0.717) is 11.5 Å². The molecule has 1 saturated carbocycles. The van der Waals surface area contributed by atoms with Crippen molar-refractivity contribution in [3.05, 3.63) is 21.1 Å². The lowest BCUT2D eigenvalue weighted by atomic mass is 10.2. The first-order valence-corrected chi connectivity index (χ1v) is 7.58. The molecule has 0 unspecified atom stereocenters. The molecule has 8 heteroatoms. The fraction of sp³-hybridized carbons (Fsp3) is 0.692. The summed E-state index contributed by atoms with van der Waals surface area (Å²) in [7, 11) is 0. The lowest BCUT2D eigenvalue weighted by Gasteiger charge is -2.35. The summed E-state index contributed by atoms with van der Waals surface area (Å²) in [5.41, 5.74) is 0.283. The van der Waals surface area contributed by atoms with Crippen LogP contribution >= 0.6 is 11.6 Å². The Labute approximate surface area is 128 Å². The van der Waals surface area contributed by atoms with E-state index in [9.17, 15) is 10.1 Å². The van der Waals surface area contributed by atoms with Crippen molar-refractivity contribution in [1.82, 2.24) is 14.9 Å². The van der Waals surface area contributed by atoms with Crippen molar-refractivity contribution in [2.75, 3.05) is 37.6 Å². The fourth-order valence-corrected chi connectivity index (χ4v) is 2.97. The Bertz CT molecular complexity index is 556. The average molecular weight is 312 g/mol. The van der Waals surface area contributed by atoms with Crippen molar-refractivity contribution in [1.29, 1.82) is 0 Å².